The Morgan fingerprint density at radius 2 is 2.24 bits per heavy atom. The van der Waals surface area contributed by atoms with Gasteiger partial charge >= 0.3 is 0 Å². The lowest BCUT2D eigenvalue weighted by Gasteiger charge is -2.32. The number of rotatable bonds is 4. The summed E-state index contributed by atoms with van der Waals surface area (Å²) in [6.07, 6.45) is 4.84. The van der Waals surface area contributed by atoms with E-state index in [1.807, 2.05) is 40.8 Å². The smallest absolute Gasteiger partial charge is 0.223 e. The number of H-pyrrole nitrogens is 1. The molecule has 130 valence electrons. The van der Waals surface area contributed by atoms with Crippen LogP contribution in [0.15, 0.2) is 30.6 Å². The second-order valence-corrected chi connectivity index (χ2v) is 6.68. The fourth-order valence-corrected chi connectivity index (χ4v) is 3.50. The molecule has 1 fully saturated rings. The number of hydrogen-bond acceptors (Lipinski definition) is 4. The van der Waals surface area contributed by atoms with Crippen molar-refractivity contribution in [1.29, 1.82) is 0 Å². The number of carbonyl (C=O) groups is 1. The van der Waals surface area contributed by atoms with Crippen LogP contribution < -0.4 is 0 Å². The van der Waals surface area contributed by atoms with Gasteiger partial charge in [0.15, 0.2) is 0 Å². The van der Waals surface area contributed by atoms with E-state index in [4.69, 9.17) is 4.98 Å². The van der Waals surface area contributed by atoms with E-state index in [1.54, 1.807) is 6.33 Å². The lowest BCUT2D eigenvalue weighted by atomic mass is 9.97. The van der Waals surface area contributed by atoms with Crippen LogP contribution in [0.1, 0.15) is 36.8 Å². The van der Waals surface area contributed by atoms with E-state index >= 15 is 0 Å². The minimum atomic E-state index is 0.184. The van der Waals surface area contributed by atoms with Gasteiger partial charge in [0, 0.05) is 38.9 Å². The molecule has 0 radical (unpaired) electrons. The predicted molar refractivity (Wildman–Crippen MR) is 94.0 cm³/mol. The maximum atomic E-state index is 12.6. The van der Waals surface area contributed by atoms with Crippen molar-refractivity contribution in [2.24, 2.45) is 7.05 Å². The highest BCUT2D eigenvalue weighted by Crippen LogP contribution is 2.27. The predicted octanol–water partition coefficient (Wildman–Crippen LogP) is 2.03. The van der Waals surface area contributed by atoms with E-state index in [0.717, 1.165) is 48.6 Å². The molecule has 1 aliphatic rings. The van der Waals surface area contributed by atoms with Crippen LogP contribution in [0.4, 0.5) is 0 Å². The Bertz CT molecular complexity index is 849. The monoisotopic (exact) mass is 338 g/mol. The third-order valence-corrected chi connectivity index (χ3v) is 4.94. The number of fused-ring (bicyclic) bond motifs is 1. The van der Waals surface area contributed by atoms with Crippen molar-refractivity contribution in [3.05, 3.63) is 42.2 Å². The zero-order valence-corrected chi connectivity index (χ0v) is 14.4. The summed E-state index contributed by atoms with van der Waals surface area (Å²) in [6, 6.07) is 8.06. The van der Waals surface area contributed by atoms with Gasteiger partial charge in [-0.15, -0.1) is 10.2 Å². The van der Waals surface area contributed by atoms with Gasteiger partial charge < -0.3 is 14.5 Å². The fraction of sp³-hybridized carbons (Fsp3) is 0.444. The van der Waals surface area contributed by atoms with Gasteiger partial charge in [-0.3, -0.25) is 4.79 Å². The van der Waals surface area contributed by atoms with Gasteiger partial charge in [-0.2, -0.15) is 0 Å². The first kappa shape index (κ1) is 15.8. The summed E-state index contributed by atoms with van der Waals surface area (Å²) >= 11 is 0. The molecular formula is C18H22N6O. The van der Waals surface area contributed by atoms with Crippen molar-refractivity contribution in [2.75, 3.05) is 13.1 Å². The summed E-state index contributed by atoms with van der Waals surface area (Å²) in [4.78, 5) is 22.7. The molecule has 0 spiro atoms. The summed E-state index contributed by atoms with van der Waals surface area (Å²) in [5.41, 5.74) is 2.05. The Morgan fingerprint density at radius 3 is 3.04 bits per heavy atom. The van der Waals surface area contributed by atoms with Crippen molar-refractivity contribution >= 4 is 16.9 Å². The molecule has 3 heterocycles. The lowest BCUT2D eigenvalue weighted by Crippen LogP contribution is -2.39. The summed E-state index contributed by atoms with van der Waals surface area (Å²) < 4.78 is 1.86. The highest BCUT2D eigenvalue weighted by Gasteiger charge is 2.26. The van der Waals surface area contributed by atoms with Crippen LogP contribution in [-0.4, -0.2) is 48.6 Å². The first-order valence-electron chi connectivity index (χ1n) is 8.76. The zero-order chi connectivity index (χ0) is 17.2. The van der Waals surface area contributed by atoms with Gasteiger partial charge in [0.2, 0.25) is 5.91 Å². The molecule has 0 unspecified atom stereocenters. The molecule has 1 N–H and O–H groups in total. The normalized spacial score (nSPS) is 18.0. The molecule has 3 aromatic rings. The molecule has 1 saturated heterocycles. The summed E-state index contributed by atoms with van der Waals surface area (Å²) in [5.74, 6) is 2.30. The van der Waals surface area contributed by atoms with Crippen molar-refractivity contribution in [1.82, 2.24) is 29.6 Å². The number of hydrogen-bond donors (Lipinski definition) is 1. The minimum absolute atomic E-state index is 0.184. The number of aromatic nitrogens is 5. The van der Waals surface area contributed by atoms with Crippen molar-refractivity contribution in [3.8, 4) is 0 Å². The fourth-order valence-electron chi connectivity index (χ4n) is 3.50. The third kappa shape index (κ3) is 3.26. The van der Waals surface area contributed by atoms with Gasteiger partial charge in [-0.25, -0.2) is 4.98 Å². The Kier molecular flexibility index (Phi) is 4.21. The van der Waals surface area contributed by atoms with E-state index in [9.17, 15) is 4.79 Å². The van der Waals surface area contributed by atoms with Gasteiger partial charge in [0.05, 0.1) is 11.0 Å². The number of aryl methyl sites for hydroxylation is 2. The van der Waals surface area contributed by atoms with Crippen LogP contribution in [-0.2, 0) is 18.3 Å². The van der Waals surface area contributed by atoms with E-state index in [1.165, 1.54) is 0 Å². The molecule has 7 heteroatoms. The summed E-state index contributed by atoms with van der Waals surface area (Å²) in [7, 11) is 1.90. The lowest BCUT2D eigenvalue weighted by molar-refractivity contribution is -0.132. The summed E-state index contributed by atoms with van der Waals surface area (Å²) in [5, 5.41) is 7.91. The van der Waals surface area contributed by atoms with Crippen LogP contribution in [0.3, 0.4) is 0 Å². The van der Waals surface area contributed by atoms with Crippen LogP contribution in [0.2, 0.25) is 0 Å². The number of benzene rings is 1. The van der Waals surface area contributed by atoms with Gasteiger partial charge in [0.1, 0.15) is 18.0 Å². The standard InChI is InChI=1S/C18H22N6O/c1-23-12-19-22-16(23)8-9-17(25)24-10-4-5-13(11-24)18-20-14-6-2-3-7-15(14)21-18/h2-3,6-7,12-13H,4-5,8-11H2,1H3,(H,20,21)/t13-/m1/s1. The number of nitrogens with one attached hydrogen (secondary N) is 1. The highest BCUT2D eigenvalue weighted by atomic mass is 16.2. The molecule has 1 aliphatic heterocycles. The molecule has 1 amide bonds. The summed E-state index contributed by atoms with van der Waals surface area (Å²) in [6.45, 7) is 1.56. The zero-order valence-electron chi connectivity index (χ0n) is 14.4. The Labute approximate surface area is 146 Å². The maximum Gasteiger partial charge on any atom is 0.223 e. The molecule has 0 aliphatic carbocycles. The van der Waals surface area contributed by atoms with Crippen LogP contribution >= 0.6 is 0 Å². The molecular weight excluding hydrogens is 316 g/mol. The second kappa shape index (κ2) is 6.66. The number of imidazole rings is 1. The SMILES string of the molecule is Cn1cnnc1CCC(=O)N1CCC[C@@H](c2nc3ccccc3[nH]2)C1. The number of aromatic amines is 1. The topological polar surface area (TPSA) is 79.7 Å². The largest absolute Gasteiger partial charge is 0.342 e. The second-order valence-electron chi connectivity index (χ2n) is 6.68. The van der Waals surface area contributed by atoms with E-state index in [0.29, 0.717) is 12.8 Å². The number of carbonyl (C=O) groups excluding carboxylic acids is 1. The van der Waals surface area contributed by atoms with E-state index in [-0.39, 0.29) is 11.8 Å². The molecule has 1 aromatic carbocycles. The first-order chi connectivity index (χ1) is 12.2. The van der Waals surface area contributed by atoms with Crippen LogP contribution in [0.25, 0.3) is 11.0 Å². The molecule has 2 aromatic heterocycles. The number of para-hydroxylation sites is 2. The van der Waals surface area contributed by atoms with Crippen LogP contribution in [0, 0.1) is 0 Å². The third-order valence-electron chi connectivity index (χ3n) is 4.94. The van der Waals surface area contributed by atoms with E-state index < -0.39 is 0 Å². The Morgan fingerprint density at radius 1 is 1.36 bits per heavy atom. The van der Waals surface area contributed by atoms with Crippen molar-refractivity contribution < 1.29 is 4.79 Å². The molecule has 4 rings (SSSR count). The highest BCUT2D eigenvalue weighted by molar-refractivity contribution is 5.77. The van der Waals surface area contributed by atoms with Gasteiger partial charge in [-0.05, 0) is 25.0 Å². The molecule has 25 heavy (non-hydrogen) atoms. The average molecular weight is 338 g/mol. The Balaban J connectivity index is 1.41. The Hall–Kier alpha value is -2.70. The number of nitrogens with zero attached hydrogens (tertiary/aromatic N) is 5. The molecule has 0 bridgehead atoms. The number of amides is 1. The van der Waals surface area contributed by atoms with Crippen LogP contribution in [0.5, 0.6) is 0 Å². The molecule has 1 atom stereocenters. The molecule has 0 saturated carbocycles. The quantitative estimate of drug-likeness (QED) is 0.789. The van der Waals surface area contributed by atoms with Crippen molar-refractivity contribution in [2.45, 2.75) is 31.6 Å². The van der Waals surface area contributed by atoms with E-state index in [2.05, 4.69) is 15.2 Å². The minimum Gasteiger partial charge on any atom is -0.342 e. The maximum absolute atomic E-state index is 12.6. The molecule has 7 nitrogen and oxygen atoms in total. The number of likely N-dealkylation sites (tertiary alicyclic amines) is 1. The van der Waals surface area contributed by atoms with Gasteiger partial charge in [0.25, 0.3) is 0 Å². The van der Waals surface area contributed by atoms with Gasteiger partial charge in [-0.1, -0.05) is 12.1 Å². The average Bonchev–Trinajstić information content (AvgIpc) is 3.25. The van der Waals surface area contributed by atoms with Crippen molar-refractivity contribution in [3.63, 3.8) is 0 Å². The number of piperidine rings is 1. The first-order valence-corrected chi connectivity index (χ1v) is 8.76.